The van der Waals surface area contributed by atoms with Gasteiger partial charge in [0.15, 0.2) is 0 Å². The normalized spacial score (nSPS) is 15.5. The monoisotopic (exact) mass is 387 g/mol. The molecule has 0 aromatic heterocycles. The molecule has 1 fully saturated rings. The number of halogens is 1. The van der Waals surface area contributed by atoms with E-state index in [0.717, 1.165) is 32.5 Å². The number of hydrogen-bond donors (Lipinski definition) is 2. The first-order chi connectivity index (χ1) is 13.2. The summed E-state index contributed by atoms with van der Waals surface area (Å²) in [7, 11) is 0. The summed E-state index contributed by atoms with van der Waals surface area (Å²) in [5, 5.41) is 5.44. The molecule has 0 saturated carbocycles. The quantitative estimate of drug-likeness (QED) is 0.713. The fourth-order valence-corrected chi connectivity index (χ4v) is 4.00. The summed E-state index contributed by atoms with van der Waals surface area (Å²) >= 11 is 1.79. The lowest BCUT2D eigenvalue weighted by molar-refractivity contribution is 0.175. The molecule has 2 amide bonds. The number of amides is 2. The Morgan fingerprint density at radius 1 is 1.15 bits per heavy atom. The van der Waals surface area contributed by atoms with Crippen molar-refractivity contribution in [3.63, 3.8) is 0 Å². The van der Waals surface area contributed by atoms with Crippen molar-refractivity contribution in [2.75, 3.05) is 31.2 Å². The Morgan fingerprint density at radius 3 is 2.59 bits per heavy atom. The molecule has 1 heterocycles. The van der Waals surface area contributed by atoms with Crippen molar-refractivity contribution in [2.45, 2.75) is 24.3 Å². The number of nitrogens with one attached hydrogen (secondary N) is 2. The van der Waals surface area contributed by atoms with Crippen LogP contribution in [-0.4, -0.2) is 36.8 Å². The Balaban J connectivity index is 1.40. The number of carbonyl (C=O) groups is 1. The van der Waals surface area contributed by atoms with Crippen LogP contribution in [0.15, 0.2) is 53.4 Å². The maximum Gasteiger partial charge on any atom is 0.319 e. The molecule has 1 saturated heterocycles. The summed E-state index contributed by atoms with van der Waals surface area (Å²) in [6.07, 6.45) is 4.23. The van der Waals surface area contributed by atoms with Gasteiger partial charge in [-0.3, -0.25) is 4.90 Å². The Hall–Kier alpha value is -2.05. The minimum Gasteiger partial charge on any atom is -0.338 e. The van der Waals surface area contributed by atoms with Crippen LogP contribution in [0.4, 0.5) is 14.9 Å². The molecule has 2 aromatic carbocycles. The standard InChI is InChI=1S/C21H26FN3OS/c1-27-20-9-5-2-6-17(20)15-25-12-10-16(11-13-25)14-23-21(26)24-19-8-4-3-7-18(19)22/h2-9,16H,10-15H2,1H3,(H2,23,24,26). The highest BCUT2D eigenvalue weighted by molar-refractivity contribution is 7.98. The molecule has 2 aromatic rings. The van der Waals surface area contributed by atoms with E-state index in [0.29, 0.717) is 12.5 Å². The van der Waals surface area contributed by atoms with Crippen LogP contribution in [0.2, 0.25) is 0 Å². The Kier molecular flexibility index (Phi) is 7.12. The number of likely N-dealkylation sites (tertiary alicyclic amines) is 1. The van der Waals surface area contributed by atoms with Crippen molar-refractivity contribution in [3.05, 3.63) is 59.9 Å². The molecule has 0 spiro atoms. The van der Waals surface area contributed by atoms with Gasteiger partial charge in [-0.05, 0) is 61.9 Å². The van der Waals surface area contributed by atoms with Crippen LogP contribution in [-0.2, 0) is 6.54 Å². The van der Waals surface area contributed by atoms with E-state index in [1.807, 2.05) is 0 Å². The van der Waals surface area contributed by atoms with Gasteiger partial charge in [0.05, 0.1) is 5.69 Å². The zero-order valence-corrected chi connectivity index (χ0v) is 16.4. The van der Waals surface area contributed by atoms with Crippen LogP contribution in [0.3, 0.4) is 0 Å². The van der Waals surface area contributed by atoms with Crippen LogP contribution in [0, 0.1) is 11.7 Å². The molecule has 0 unspecified atom stereocenters. The first-order valence-corrected chi connectivity index (χ1v) is 10.5. The molecule has 1 aliphatic rings. The molecule has 1 aliphatic heterocycles. The second kappa shape index (κ2) is 9.76. The molecule has 2 N–H and O–H groups in total. The number of rotatable bonds is 6. The second-order valence-electron chi connectivity index (χ2n) is 6.85. The van der Waals surface area contributed by atoms with E-state index in [1.165, 1.54) is 16.5 Å². The van der Waals surface area contributed by atoms with Gasteiger partial charge < -0.3 is 10.6 Å². The number of carbonyl (C=O) groups excluding carboxylic acids is 1. The van der Waals surface area contributed by atoms with Gasteiger partial charge in [0.25, 0.3) is 0 Å². The summed E-state index contributed by atoms with van der Waals surface area (Å²) in [5.74, 6) is 0.0369. The van der Waals surface area contributed by atoms with Crippen LogP contribution in [0.25, 0.3) is 0 Å². The summed E-state index contributed by atoms with van der Waals surface area (Å²) in [5.41, 5.74) is 1.59. The van der Waals surface area contributed by atoms with E-state index in [1.54, 1.807) is 30.0 Å². The zero-order chi connectivity index (χ0) is 19.1. The van der Waals surface area contributed by atoms with Crippen LogP contribution in [0.5, 0.6) is 0 Å². The molecule has 0 radical (unpaired) electrons. The third-order valence-corrected chi connectivity index (χ3v) is 5.81. The molecule has 144 valence electrons. The molecule has 27 heavy (non-hydrogen) atoms. The van der Waals surface area contributed by atoms with Gasteiger partial charge in [-0.15, -0.1) is 11.8 Å². The highest BCUT2D eigenvalue weighted by Crippen LogP contribution is 2.24. The Labute approximate surface area is 164 Å². The van der Waals surface area contributed by atoms with E-state index in [2.05, 4.69) is 46.1 Å². The lowest BCUT2D eigenvalue weighted by atomic mass is 9.96. The number of urea groups is 1. The van der Waals surface area contributed by atoms with Gasteiger partial charge in [0.2, 0.25) is 0 Å². The Bertz CT molecular complexity index is 763. The number of hydrogen-bond acceptors (Lipinski definition) is 3. The van der Waals surface area contributed by atoms with Gasteiger partial charge in [-0.1, -0.05) is 30.3 Å². The van der Waals surface area contributed by atoms with Crippen molar-refractivity contribution < 1.29 is 9.18 Å². The van der Waals surface area contributed by atoms with Gasteiger partial charge in [-0.2, -0.15) is 0 Å². The lowest BCUT2D eigenvalue weighted by Crippen LogP contribution is -2.39. The lowest BCUT2D eigenvalue weighted by Gasteiger charge is -2.32. The first kappa shape index (κ1) is 19.7. The first-order valence-electron chi connectivity index (χ1n) is 9.29. The molecule has 0 atom stereocenters. The molecular formula is C21H26FN3OS. The zero-order valence-electron chi connectivity index (χ0n) is 15.6. The van der Waals surface area contributed by atoms with E-state index < -0.39 is 5.82 Å². The smallest absolute Gasteiger partial charge is 0.319 e. The third kappa shape index (κ3) is 5.71. The number of benzene rings is 2. The number of thioether (sulfide) groups is 1. The SMILES string of the molecule is CSc1ccccc1CN1CCC(CNC(=O)Nc2ccccc2F)CC1. The van der Waals surface area contributed by atoms with Crippen molar-refractivity contribution >= 4 is 23.5 Å². The van der Waals surface area contributed by atoms with E-state index >= 15 is 0 Å². The van der Waals surface area contributed by atoms with E-state index in [9.17, 15) is 9.18 Å². The maximum atomic E-state index is 13.6. The van der Waals surface area contributed by atoms with Crippen LogP contribution >= 0.6 is 11.8 Å². The number of anilines is 1. The minimum atomic E-state index is -0.425. The number of para-hydroxylation sites is 1. The van der Waals surface area contributed by atoms with Gasteiger partial charge in [-0.25, -0.2) is 9.18 Å². The molecule has 3 rings (SSSR count). The van der Waals surface area contributed by atoms with E-state index in [-0.39, 0.29) is 11.7 Å². The van der Waals surface area contributed by atoms with Crippen molar-refractivity contribution in [2.24, 2.45) is 5.92 Å². The largest absolute Gasteiger partial charge is 0.338 e. The average molecular weight is 388 g/mol. The predicted octanol–water partition coefficient (Wildman–Crippen LogP) is 4.58. The molecule has 0 aliphatic carbocycles. The van der Waals surface area contributed by atoms with Gasteiger partial charge >= 0.3 is 6.03 Å². The fourth-order valence-electron chi connectivity index (χ4n) is 3.39. The van der Waals surface area contributed by atoms with Crippen LogP contribution < -0.4 is 10.6 Å². The number of nitrogens with zero attached hydrogens (tertiary/aromatic N) is 1. The van der Waals surface area contributed by atoms with Gasteiger partial charge in [0.1, 0.15) is 5.82 Å². The fraction of sp³-hybridized carbons (Fsp3) is 0.381. The Morgan fingerprint density at radius 2 is 1.85 bits per heavy atom. The highest BCUT2D eigenvalue weighted by atomic mass is 32.2. The maximum absolute atomic E-state index is 13.6. The van der Waals surface area contributed by atoms with E-state index in [4.69, 9.17) is 0 Å². The predicted molar refractivity (Wildman–Crippen MR) is 110 cm³/mol. The van der Waals surface area contributed by atoms with Crippen molar-refractivity contribution in [1.82, 2.24) is 10.2 Å². The minimum absolute atomic E-state index is 0.206. The van der Waals surface area contributed by atoms with Gasteiger partial charge in [0, 0.05) is 18.0 Å². The van der Waals surface area contributed by atoms with Crippen molar-refractivity contribution in [3.8, 4) is 0 Å². The summed E-state index contributed by atoms with van der Waals surface area (Å²) < 4.78 is 13.6. The molecule has 4 nitrogen and oxygen atoms in total. The second-order valence-corrected chi connectivity index (χ2v) is 7.69. The summed E-state index contributed by atoms with van der Waals surface area (Å²) in [4.78, 5) is 15.8. The van der Waals surface area contributed by atoms with Crippen LogP contribution in [0.1, 0.15) is 18.4 Å². The highest BCUT2D eigenvalue weighted by Gasteiger charge is 2.20. The third-order valence-electron chi connectivity index (χ3n) is 4.97. The molecular weight excluding hydrogens is 361 g/mol. The average Bonchev–Trinajstić information content (AvgIpc) is 2.70. The summed E-state index contributed by atoms with van der Waals surface area (Å²) in [6.45, 7) is 3.66. The topological polar surface area (TPSA) is 44.4 Å². The summed E-state index contributed by atoms with van der Waals surface area (Å²) in [6, 6.07) is 14.4. The number of piperidine rings is 1. The van der Waals surface area contributed by atoms with Crippen molar-refractivity contribution in [1.29, 1.82) is 0 Å². The molecule has 6 heteroatoms. The molecule has 0 bridgehead atoms.